The van der Waals surface area contributed by atoms with Crippen LogP contribution in [0.3, 0.4) is 0 Å². The second-order valence-electron chi connectivity index (χ2n) is 5.10. The Morgan fingerprint density at radius 3 is 2.79 bits per heavy atom. The highest BCUT2D eigenvalue weighted by molar-refractivity contribution is 7.09. The third-order valence-electron chi connectivity index (χ3n) is 3.64. The van der Waals surface area contributed by atoms with E-state index < -0.39 is 11.8 Å². The second-order valence-corrected chi connectivity index (χ2v) is 6.14. The molecule has 1 fully saturated rings. The average molecular weight is 280 g/mol. The number of carbonyl (C=O) groups excluding carboxylic acids is 2. The van der Waals surface area contributed by atoms with Crippen LogP contribution < -0.4 is 10.6 Å². The predicted octanol–water partition coefficient (Wildman–Crippen LogP) is 2.06. The van der Waals surface area contributed by atoms with Crippen LogP contribution in [0.2, 0.25) is 0 Å². The van der Waals surface area contributed by atoms with Crippen molar-refractivity contribution in [3.63, 3.8) is 0 Å². The highest BCUT2D eigenvalue weighted by Crippen LogP contribution is 2.23. The molecule has 0 spiro atoms. The third kappa shape index (κ3) is 4.06. The van der Waals surface area contributed by atoms with Crippen LogP contribution in [0.5, 0.6) is 0 Å². The van der Waals surface area contributed by atoms with Crippen LogP contribution in [0.15, 0.2) is 17.5 Å². The second kappa shape index (κ2) is 6.70. The van der Waals surface area contributed by atoms with Crippen molar-refractivity contribution in [1.82, 2.24) is 10.6 Å². The summed E-state index contributed by atoms with van der Waals surface area (Å²) in [6, 6.07) is 4.01. The molecule has 2 atom stereocenters. The molecule has 5 heteroatoms. The molecule has 1 heterocycles. The van der Waals surface area contributed by atoms with E-state index in [1.54, 1.807) is 11.3 Å². The van der Waals surface area contributed by atoms with Gasteiger partial charge in [0.15, 0.2) is 0 Å². The normalized spacial score (nSPS) is 22.8. The number of amides is 2. The van der Waals surface area contributed by atoms with E-state index in [9.17, 15) is 9.59 Å². The SMILES string of the molecule is C[C@H]1CCCC[C@H]1NC(=O)C(=O)NCc1cccs1. The number of carbonyl (C=O) groups is 2. The zero-order valence-electron chi connectivity index (χ0n) is 11.1. The molecule has 0 radical (unpaired) electrons. The van der Waals surface area contributed by atoms with Crippen molar-refractivity contribution in [3.05, 3.63) is 22.4 Å². The molecule has 0 aliphatic heterocycles. The fraction of sp³-hybridized carbons (Fsp3) is 0.571. The van der Waals surface area contributed by atoms with Crippen LogP contribution in [0.4, 0.5) is 0 Å². The Kier molecular flexibility index (Phi) is 4.96. The zero-order chi connectivity index (χ0) is 13.7. The molecule has 2 rings (SSSR count). The van der Waals surface area contributed by atoms with Gasteiger partial charge in [0.2, 0.25) is 0 Å². The van der Waals surface area contributed by atoms with Gasteiger partial charge in [0.1, 0.15) is 0 Å². The number of nitrogens with one attached hydrogen (secondary N) is 2. The van der Waals surface area contributed by atoms with Crippen molar-refractivity contribution in [1.29, 1.82) is 0 Å². The van der Waals surface area contributed by atoms with Crippen molar-refractivity contribution in [2.75, 3.05) is 0 Å². The maximum absolute atomic E-state index is 11.8. The van der Waals surface area contributed by atoms with Gasteiger partial charge in [0.05, 0.1) is 6.54 Å². The number of thiophene rings is 1. The molecular formula is C14H20N2O2S. The first-order valence-corrected chi connectivity index (χ1v) is 7.66. The van der Waals surface area contributed by atoms with Crippen LogP contribution in [0.25, 0.3) is 0 Å². The molecule has 2 N–H and O–H groups in total. The smallest absolute Gasteiger partial charge is 0.309 e. The lowest BCUT2D eigenvalue weighted by Gasteiger charge is -2.29. The lowest BCUT2D eigenvalue weighted by atomic mass is 9.86. The van der Waals surface area contributed by atoms with Crippen LogP contribution in [-0.2, 0) is 16.1 Å². The van der Waals surface area contributed by atoms with E-state index in [2.05, 4.69) is 17.6 Å². The van der Waals surface area contributed by atoms with Crippen molar-refractivity contribution < 1.29 is 9.59 Å². The summed E-state index contributed by atoms with van der Waals surface area (Å²) in [7, 11) is 0. The van der Waals surface area contributed by atoms with Gasteiger partial charge < -0.3 is 10.6 Å². The summed E-state index contributed by atoms with van der Waals surface area (Å²) in [4.78, 5) is 24.5. The van der Waals surface area contributed by atoms with Gasteiger partial charge in [-0.1, -0.05) is 25.8 Å². The predicted molar refractivity (Wildman–Crippen MR) is 75.7 cm³/mol. The van der Waals surface area contributed by atoms with E-state index in [0.717, 1.165) is 24.1 Å². The molecule has 1 aliphatic rings. The topological polar surface area (TPSA) is 58.2 Å². The Bertz CT molecular complexity index is 431. The summed E-state index contributed by atoms with van der Waals surface area (Å²) in [5.41, 5.74) is 0. The molecule has 19 heavy (non-hydrogen) atoms. The summed E-state index contributed by atoms with van der Waals surface area (Å²) in [5.74, 6) is -0.579. The summed E-state index contributed by atoms with van der Waals surface area (Å²) < 4.78 is 0. The van der Waals surface area contributed by atoms with E-state index in [0.29, 0.717) is 12.5 Å². The van der Waals surface area contributed by atoms with Gasteiger partial charge in [0.25, 0.3) is 0 Å². The van der Waals surface area contributed by atoms with E-state index in [4.69, 9.17) is 0 Å². The molecule has 104 valence electrons. The minimum Gasteiger partial charge on any atom is -0.345 e. The van der Waals surface area contributed by atoms with Crippen LogP contribution in [-0.4, -0.2) is 17.9 Å². The van der Waals surface area contributed by atoms with Crippen molar-refractivity contribution in [2.24, 2.45) is 5.92 Å². The summed E-state index contributed by atoms with van der Waals surface area (Å²) in [6.07, 6.45) is 4.46. The summed E-state index contributed by atoms with van der Waals surface area (Å²) in [6.45, 7) is 2.55. The fourth-order valence-corrected chi connectivity index (χ4v) is 3.07. The standard InChI is InChI=1S/C14H20N2O2S/c1-10-5-2-3-7-12(10)16-14(18)13(17)15-9-11-6-4-8-19-11/h4,6,8,10,12H,2-3,5,7,9H2,1H3,(H,15,17)(H,16,18)/t10-,12+/m0/s1. The lowest BCUT2D eigenvalue weighted by Crippen LogP contribution is -2.47. The maximum atomic E-state index is 11.8. The highest BCUT2D eigenvalue weighted by atomic mass is 32.1. The van der Waals surface area contributed by atoms with Gasteiger partial charge in [-0.05, 0) is 30.2 Å². The summed E-state index contributed by atoms with van der Waals surface area (Å²) in [5, 5.41) is 7.45. The van der Waals surface area contributed by atoms with E-state index >= 15 is 0 Å². The number of hydrogen-bond donors (Lipinski definition) is 2. The Labute approximate surface area is 117 Å². The van der Waals surface area contributed by atoms with Gasteiger partial charge >= 0.3 is 11.8 Å². The van der Waals surface area contributed by atoms with Crippen LogP contribution in [0, 0.1) is 5.92 Å². The number of hydrogen-bond acceptors (Lipinski definition) is 3. The molecule has 2 amide bonds. The molecule has 4 nitrogen and oxygen atoms in total. The lowest BCUT2D eigenvalue weighted by molar-refractivity contribution is -0.140. The monoisotopic (exact) mass is 280 g/mol. The summed E-state index contributed by atoms with van der Waals surface area (Å²) >= 11 is 1.57. The quantitative estimate of drug-likeness (QED) is 0.833. The molecule has 1 aliphatic carbocycles. The molecule has 0 saturated heterocycles. The van der Waals surface area contributed by atoms with Gasteiger partial charge in [0, 0.05) is 10.9 Å². The Hall–Kier alpha value is -1.36. The average Bonchev–Trinajstić information content (AvgIpc) is 2.91. The maximum Gasteiger partial charge on any atom is 0.309 e. The van der Waals surface area contributed by atoms with Gasteiger partial charge in [-0.2, -0.15) is 0 Å². The first-order valence-electron chi connectivity index (χ1n) is 6.78. The Morgan fingerprint density at radius 1 is 1.32 bits per heavy atom. The van der Waals surface area contributed by atoms with E-state index in [1.807, 2.05) is 17.5 Å². The largest absolute Gasteiger partial charge is 0.345 e. The highest BCUT2D eigenvalue weighted by Gasteiger charge is 2.25. The Morgan fingerprint density at radius 2 is 2.11 bits per heavy atom. The molecular weight excluding hydrogens is 260 g/mol. The first-order chi connectivity index (χ1) is 9.16. The van der Waals surface area contributed by atoms with Crippen LogP contribution >= 0.6 is 11.3 Å². The minimum atomic E-state index is -0.536. The van der Waals surface area contributed by atoms with Gasteiger partial charge in [-0.3, -0.25) is 9.59 Å². The molecule has 0 unspecified atom stereocenters. The van der Waals surface area contributed by atoms with Crippen molar-refractivity contribution in [2.45, 2.75) is 45.2 Å². The Balaban J connectivity index is 1.77. The molecule has 1 aromatic rings. The number of rotatable bonds is 3. The fourth-order valence-electron chi connectivity index (χ4n) is 2.43. The molecule has 0 aromatic carbocycles. The van der Waals surface area contributed by atoms with E-state index in [-0.39, 0.29) is 6.04 Å². The van der Waals surface area contributed by atoms with Crippen molar-refractivity contribution >= 4 is 23.2 Å². The first kappa shape index (κ1) is 14.1. The molecule has 1 aromatic heterocycles. The third-order valence-corrected chi connectivity index (χ3v) is 4.51. The van der Waals surface area contributed by atoms with Gasteiger partial charge in [-0.15, -0.1) is 11.3 Å². The molecule has 1 saturated carbocycles. The minimum absolute atomic E-state index is 0.147. The van der Waals surface area contributed by atoms with E-state index in [1.165, 1.54) is 6.42 Å². The van der Waals surface area contributed by atoms with Crippen molar-refractivity contribution in [3.8, 4) is 0 Å². The zero-order valence-corrected chi connectivity index (χ0v) is 12.0. The van der Waals surface area contributed by atoms with Gasteiger partial charge in [-0.25, -0.2) is 0 Å². The molecule has 0 bridgehead atoms. The van der Waals surface area contributed by atoms with Crippen LogP contribution in [0.1, 0.15) is 37.5 Å².